The third kappa shape index (κ3) is 5.67. The van der Waals surface area contributed by atoms with Crippen molar-refractivity contribution in [2.75, 3.05) is 45.8 Å². The molecule has 7 nitrogen and oxygen atoms in total. The van der Waals surface area contributed by atoms with Crippen LogP contribution in [0.4, 0.5) is 0 Å². The molecule has 0 aromatic carbocycles. The Kier molecular flexibility index (Phi) is 8.10. The fourth-order valence-corrected chi connectivity index (χ4v) is 5.40. The molecule has 2 aliphatic rings. The number of piperazine rings is 1. The lowest BCUT2D eigenvalue weighted by Gasteiger charge is -2.36. The van der Waals surface area contributed by atoms with Crippen molar-refractivity contribution in [1.82, 2.24) is 18.8 Å². The van der Waals surface area contributed by atoms with Gasteiger partial charge in [0.2, 0.25) is 5.91 Å². The van der Waals surface area contributed by atoms with E-state index in [1.54, 1.807) is 8.61 Å². The quantitative estimate of drug-likeness (QED) is 0.650. The highest BCUT2D eigenvalue weighted by atomic mass is 32.2. The van der Waals surface area contributed by atoms with Crippen molar-refractivity contribution >= 4 is 16.1 Å². The molecular formula is C19H34N4O3S. The standard InChI is InChI=1S/C19H34N4O3S/c1-4-19(5-2,6-3)20-18(24)17-21-13-15-23(16-14-21)27(25,26)22-11-9-7-8-10-12-22/h1H,5-17H2,2-3H3,(H,20,24). The van der Waals surface area contributed by atoms with E-state index in [1.165, 1.54) is 0 Å². The first-order valence-electron chi connectivity index (χ1n) is 10.1. The lowest BCUT2D eigenvalue weighted by atomic mass is 9.94. The number of carbonyl (C=O) groups excluding carboxylic acids is 1. The summed E-state index contributed by atoms with van der Waals surface area (Å²) in [5.41, 5.74) is -0.588. The maximum atomic E-state index is 12.9. The van der Waals surface area contributed by atoms with Crippen molar-refractivity contribution in [2.24, 2.45) is 0 Å². The largest absolute Gasteiger partial charge is 0.339 e. The van der Waals surface area contributed by atoms with Crippen LogP contribution in [0.2, 0.25) is 0 Å². The number of rotatable bonds is 7. The van der Waals surface area contributed by atoms with Crippen molar-refractivity contribution in [1.29, 1.82) is 0 Å². The number of nitrogens with zero attached hydrogens (tertiary/aromatic N) is 3. The van der Waals surface area contributed by atoms with Gasteiger partial charge in [0.15, 0.2) is 0 Å². The molecule has 0 aliphatic carbocycles. The lowest BCUT2D eigenvalue weighted by Crippen LogP contribution is -2.56. The highest BCUT2D eigenvalue weighted by Gasteiger charge is 2.33. The van der Waals surface area contributed by atoms with Crippen LogP contribution in [0, 0.1) is 12.3 Å². The summed E-state index contributed by atoms with van der Waals surface area (Å²) in [6, 6.07) is 0. The van der Waals surface area contributed by atoms with Crippen molar-refractivity contribution in [3.05, 3.63) is 0 Å². The first-order valence-corrected chi connectivity index (χ1v) is 11.5. The Hall–Kier alpha value is -1.14. The van der Waals surface area contributed by atoms with Crippen molar-refractivity contribution in [3.8, 4) is 12.3 Å². The summed E-state index contributed by atoms with van der Waals surface area (Å²) in [6.07, 6.45) is 11.1. The van der Waals surface area contributed by atoms with Crippen LogP contribution < -0.4 is 5.32 Å². The Morgan fingerprint density at radius 1 is 0.963 bits per heavy atom. The van der Waals surface area contributed by atoms with Gasteiger partial charge in [-0.05, 0) is 25.7 Å². The van der Waals surface area contributed by atoms with E-state index in [2.05, 4.69) is 11.2 Å². The molecule has 0 atom stereocenters. The third-order valence-corrected chi connectivity index (χ3v) is 7.81. The van der Waals surface area contributed by atoms with Crippen LogP contribution in [0.1, 0.15) is 52.4 Å². The highest BCUT2D eigenvalue weighted by molar-refractivity contribution is 7.86. The van der Waals surface area contributed by atoms with Gasteiger partial charge in [0, 0.05) is 39.3 Å². The minimum absolute atomic E-state index is 0.0968. The summed E-state index contributed by atoms with van der Waals surface area (Å²) in [6.45, 7) is 7.39. The van der Waals surface area contributed by atoms with Gasteiger partial charge in [0.1, 0.15) is 5.54 Å². The molecule has 2 fully saturated rings. The molecule has 2 aliphatic heterocycles. The number of carbonyl (C=O) groups is 1. The molecule has 1 amide bonds. The predicted molar refractivity (Wildman–Crippen MR) is 107 cm³/mol. The normalized spacial score (nSPS) is 21.4. The molecular weight excluding hydrogens is 364 g/mol. The Bertz CT molecular complexity index is 624. The van der Waals surface area contributed by atoms with Crippen molar-refractivity contribution in [2.45, 2.75) is 57.9 Å². The minimum atomic E-state index is -3.39. The molecule has 0 aromatic heterocycles. The van der Waals surface area contributed by atoms with Gasteiger partial charge >= 0.3 is 0 Å². The van der Waals surface area contributed by atoms with E-state index in [4.69, 9.17) is 6.42 Å². The fourth-order valence-electron chi connectivity index (χ4n) is 3.73. The van der Waals surface area contributed by atoms with Gasteiger partial charge in [-0.2, -0.15) is 17.0 Å². The fraction of sp³-hybridized carbons (Fsp3) is 0.842. The minimum Gasteiger partial charge on any atom is -0.339 e. The van der Waals surface area contributed by atoms with Gasteiger partial charge < -0.3 is 5.32 Å². The second-order valence-electron chi connectivity index (χ2n) is 7.48. The van der Waals surface area contributed by atoms with E-state index in [0.717, 1.165) is 25.7 Å². The summed E-state index contributed by atoms with van der Waals surface area (Å²) >= 11 is 0. The predicted octanol–water partition coefficient (Wildman–Crippen LogP) is 1.03. The molecule has 8 heteroatoms. The average molecular weight is 399 g/mol. The maximum absolute atomic E-state index is 12.9. The van der Waals surface area contributed by atoms with Gasteiger partial charge in [0.05, 0.1) is 6.54 Å². The summed E-state index contributed by atoms with van der Waals surface area (Å²) < 4.78 is 28.9. The first-order chi connectivity index (χ1) is 12.9. The molecule has 0 spiro atoms. The molecule has 27 heavy (non-hydrogen) atoms. The Balaban J connectivity index is 1.86. The zero-order chi connectivity index (χ0) is 19.9. The second-order valence-corrected chi connectivity index (χ2v) is 9.41. The summed E-state index contributed by atoms with van der Waals surface area (Å²) in [5, 5.41) is 2.97. The summed E-state index contributed by atoms with van der Waals surface area (Å²) in [7, 11) is -3.39. The van der Waals surface area contributed by atoms with Crippen LogP contribution >= 0.6 is 0 Å². The highest BCUT2D eigenvalue weighted by Crippen LogP contribution is 2.18. The molecule has 0 bridgehead atoms. The smallest absolute Gasteiger partial charge is 0.282 e. The summed E-state index contributed by atoms with van der Waals surface area (Å²) in [4.78, 5) is 14.4. The third-order valence-electron chi connectivity index (χ3n) is 5.78. The first kappa shape index (κ1) is 22.2. The molecule has 2 heterocycles. The second kappa shape index (κ2) is 9.87. The van der Waals surface area contributed by atoms with Crippen LogP contribution in [-0.2, 0) is 15.0 Å². The van der Waals surface area contributed by atoms with Gasteiger partial charge in [-0.25, -0.2) is 0 Å². The van der Waals surface area contributed by atoms with Crippen molar-refractivity contribution in [3.63, 3.8) is 0 Å². The SMILES string of the molecule is C#CC(CC)(CC)NC(=O)CN1CCN(S(=O)(=O)N2CCCCCC2)CC1. The summed E-state index contributed by atoms with van der Waals surface area (Å²) in [5.74, 6) is 2.61. The van der Waals surface area contributed by atoms with Gasteiger partial charge in [-0.1, -0.05) is 32.6 Å². The van der Waals surface area contributed by atoms with E-state index in [0.29, 0.717) is 52.1 Å². The molecule has 0 radical (unpaired) electrons. The van der Waals surface area contributed by atoms with E-state index in [9.17, 15) is 13.2 Å². The average Bonchev–Trinajstić information content (AvgIpc) is 2.97. The van der Waals surface area contributed by atoms with Gasteiger partial charge in [-0.3, -0.25) is 9.69 Å². The number of hydrogen-bond acceptors (Lipinski definition) is 4. The zero-order valence-corrected chi connectivity index (χ0v) is 17.6. The topological polar surface area (TPSA) is 73.0 Å². The monoisotopic (exact) mass is 398 g/mol. The van der Waals surface area contributed by atoms with Crippen molar-refractivity contribution < 1.29 is 13.2 Å². The van der Waals surface area contributed by atoms with Gasteiger partial charge in [0.25, 0.3) is 10.2 Å². The Morgan fingerprint density at radius 3 is 1.96 bits per heavy atom. The van der Waals surface area contributed by atoms with Crippen LogP contribution in [0.15, 0.2) is 0 Å². The van der Waals surface area contributed by atoms with Crippen LogP contribution in [0.25, 0.3) is 0 Å². The number of hydrogen-bond donors (Lipinski definition) is 1. The van der Waals surface area contributed by atoms with E-state index in [1.807, 2.05) is 18.7 Å². The van der Waals surface area contributed by atoms with E-state index < -0.39 is 15.7 Å². The molecule has 0 saturated carbocycles. The number of nitrogens with one attached hydrogen (secondary N) is 1. The Labute approximate surface area is 164 Å². The number of terminal acetylenes is 1. The molecule has 2 rings (SSSR count). The van der Waals surface area contributed by atoms with E-state index in [-0.39, 0.29) is 12.5 Å². The van der Waals surface area contributed by atoms with Gasteiger partial charge in [-0.15, -0.1) is 6.42 Å². The molecule has 2 saturated heterocycles. The maximum Gasteiger partial charge on any atom is 0.282 e. The van der Waals surface area contributed by atoms with Crippen LogP contribution in [0.3, 0.4) is 0 Å². The lowest BCUT2D eigenvalue weighted by molar-refractivity contribution is -0.124. The molecule has 0 unspecified atom stereocenters. The molecule has 0 aromatic rings. The van der Waals surface area contributed by atoms with Crippen LogP contribution in [-0.4, -0.2) is 79.2 Å². The molecule has 154 valence electrons. The van der Waals surface area contributed by atoms with Crippen LogP contribution in [0.5, 0.6) is 0 Å². The zero-order valence-electron chi connectivity index (χ0n) is 16.7. The Morgan fingerprint density at radius 2 is 1.48 bits per heavy atom. The number of amides is 1. The van der Waals surface area contributed by atoms with E-state index >= 15 is 0 Å². The molecule has 1 N–H and O–H groups in total.